The average Bonchev–Trinajstić information content (AvgIpc) is 2.50. The van der Waals surface area contributed by atoms with E-state index in [9.17, 15) is 4.79 Å². The Morgan fingerprint density at radius 1 is 0.762 bits per heavy atom. The Labute approximate surface area is 132 Å². The summed E-state index contributed by atoms with van der Waals surface area (Å²) < 4.78 is 4.88. The monoisotopic (exact) mass is 296 g/mol. The first-order chi connectivity index (χ1) is 10.3. The van der Waals surface area contributed by atoms with Gasteiger partial charge < -0.3 is 4.74 Å². The third-order valence-corrected chi connectivity index (χ3v) is 3.81. The highest BCUT2D eigenvalue weighted by Gasteiger charge is 1.94. The van der Waals surface area contributed by atoms with Gasteiger partial charge in [-0.3, -0.25) is 4.79 Å². The predicted octanol–water partition coefficient (Wildman–Crippen LogP) is 6.54. The van der Waals surface area contributed by atoms with Crippen molar-refractivity contribution < 1.29 is 9.53 Å². The van der Waals surface area contributed by atoms with Gasteiger partial charge in [0.25, 0.3) is 0 Å². The molecule has 0 unspecified atom stereocenters. The van der Waals surface area contributed by atoms with Gasteiger partial charge in [0.2, 0.25) is 0 Å². The van der Waals surface area contributed by atoms with Crippen molar-refractivity contribution >= 4 is 5.97 Å². The molecule has 0 rings (SSSR count). The summed E-state index contributed by atoms with van der Waals surface area (Å²) in [6, 6.07) is 0. The zero-order valence-corrected chi connectivity index (χ0v) is 14.4. The summed E-state index contributed by atoms with van der Waals surface area (Å²) in [4.78, 5) is 10.9. The van der Waals surface area contributed by atoms with Gasteiger partial charge in [0.15, 0.2) is 0 Å². The van der Waals surface area contributed by atoms with E-state index in [1.165, 1.54) is 77.0 Å². The summed E-state index contributed by atoms with van der Waals surface area (Å²) >= 11 is 0. The van der Waals surface area contributed by atoms with Gasteiger partial charge in [-0.15, -0.1) is 0 Å². The van der Waals surface area contributed by atoms with Crippen molar-refractivity contribution in [1.29, 1.82) is 0 Å². The molecular formula is C19H36O2. The zero-order chi connectivity index (χ0) is 15.6. The summed E-state index contributed by atoms with van der Waals surface area (Å²) in [6.07, 6.45) is 21.5. The summed E-state index contributed by atoms with van der Waals surface area (Å²) in [5, 5.41) is 0. The van der Waals surface area contributed by atoms with E-state index in [-0.39, 0.29) is 5.97 Å². The van der Waals surface area contributed by atoms with Gasteiger partial charge in [-0.25, -0.2) is 0 Å². The quantitative estimate of drug-likeness (QED) is 0.195. The molecule has 0 aromatic heterocycles. The lowest BCUT2D eigenvalue weighted by atomic mass is 10.0. The summed E-state index contributed by atoms with van der Waals surface area (Å²) in [6.45, 7) is 4.08. The molecule has 0 N–H and O–H groups in total. The summed E-state index contributed by atoms with van der Waals surface area (Å²) in [7, 11) is 0. The molecule has 0 amide bonds. The zero-order valence-electron chi connectivity index (χ0n) is 14.4. The molecule has 0 aliphatic rings. The van der Waals surface area contributed by atoms with Crippen molar-refractivity contribution in [3.63, 3.8) is 0 Å². The standard InChI is InChI=1S/C19H36O2/c1-3-5-6-7-8-9-10-11-12-13-14-15-16-17-18-21-19(20)4-2/h17-18H,3-16H2,1-2H3. The van der Waals surface area contributed by atoms with Crippen LogP contribution in [0, 0.1) is 0 Å². The third-order valence-electron chi connectivity index (χ3n) is 3.81. The molecule has 0 aliphatic carbocycles. The molecule has 0 fully saturated rings. The van der Waals surface area contributed by atoms with E-state index in [2.05, 4.69) is 6.92 Å². The Morgan fingerprint density at radius 3 is 1.71 bits per heavy atom. The van der Waals surface area contributed by atoms with Crippen molar-refractivity contribution in [3.8, 4) is 0 Å². The molecule has 0 bridgehead atoms. The molecule has 0 aromatic rings. The minimum Gasteiger partial charge on any atom is -0.435 e. The van der Waals surface area contributed by atoms with Crippen LogP contribution in [0.15, 0.2) is 12.3 Å². The number of ether oxygens (including phenoxy) is 1. The van der Waals surface area contributed by atoms with Gasteiger partial charge in [0, 0.05) is 6.42 Å². The Balaban J connectivity index is 3.07. The number of hydrogen-bond donors (Lipinski definition) is 0. The van der Waals surface area contributed by atoms with E-state index in [1.54, 1.807) is 13.2 Å². The molecule has 0 aromatic carbocycles. The van der Waals surface area contributed by atoms with Crippen LogP contribution < -0.4 is 0 Å². The molecule has 2 nitrogen and oxygen atoms in total. The smallest absolute Gasteiger partial charge is 0.310 e. The second-order valence-corrected chi connectivity index (χ2v) is 5.89. The number of carbonyl (C=O) groups is 1. The number of unbranched alkanes of at least 4 members (excludes halogenated alkanes) is 12. The van der Waals surface area contributed by atoms with E-state index < -0.39 is 0 Å². The van der Waals surface area contributed by atoms with Gasteiger partial charge in [0.05, 0.1) is 6.26 Å². The largest absolute Gasteiger partial charge is 0.435 e. The molecule has 0 atom stereocenters. The van der Waals surface area contributed by atoms with Crippen LogP contribution in [0.3, 0.4) is 0 Å². The van der Waals surface area contributed by atoms with Crippen molar-refractivity contribution in [2.45, 2.75) is 104 Å². The maximum atomic E-state index is 10.9. The number of allylic oxidation sites excluding steroid dienone is 1. The topological polar surface area (TPSA) is 26.3 Å². The maximum absolute atomic E-state index is 10.9. The van der Waals surface area contributed by atoms with Crippen molar-refractivity contribution in [2.75, 3.05) is 0 Å². The fourth-order valence-electron chi connectivity index (χ4n) is 2.38. The van der Waals surface area contributed by atoms with Crippen LogP contribution >= 0.6 is 0 Å². The average molecular weight is 296 g/mol. The van der Waals surface area contributed by atoms with Gasteiger partial charge >= 0.3 is 5.97 Å². The van der Waals surface area contributed by atoms with Crippen LogP contribution in [-0.4, -0.2) is 5.97 Å². The highest BCUT2D eigenvalue weighted by molar-refractivity contribution is 5.69. The SMILES string of the molecule is CCCCCCCCCCCCCCC=COC(=O)CC. The molecular weight excluding hydrogens is 260 g/mol. The number of carbonyl (C=O) groups excluding carboxylic acids is 1. The summed E-state index contributed by atoms with van der Waals surface area (Å²) in [5.41, 5.74) is 0. The first-order valence-corrected chi connectivity index (χ1v) is 9.15. The van der Waals surface area contributed by atoms with E-state index in [1.807, 2.05) is 6.08 Å². The van der Waals surface area contributed by atoms with Crippen LogP contribution in [0.1, 0.15) is 104 Å². The predicted molar refractivity (Wildman–Crippen MR) is 91.2 cm³/mol. The molecule has 0 radical (unpaired) electrons. The Hall–Kier alpha value is -0.790. The van der Waals surface area contributed by atoms with Crippen molar-refractivity contribution in [3.05, 3.63) is 12.3 Å². The molecule has 2 heteroatoms. The molecule has 124 valence electrons. The van der Waals surface area contributed by atoms with Crippen LogP contribution in [0.2, 0.25) is 0 Å². The Bertz CT molecular complexity index is 246. The maximum Gasteiger partial charge on any atom is 0.310 e. The first kappa shape index (κ1) is 20.2. The van der Waals surface area contributed by atoms with Gasteiger partial charge in [-0.05, 0) is 18.9 Å². The van der Waals surface area contributed by atoms with Crippen molar-refractivity contribution in [1.82, 2.24) is 0 Å². The lowest BCUT2D eigenvalue weighted by Crippen LogP contribution is -1.95. The molecule has 0 heterocycles. The number of esters is 1. The highest BCUT2D eigenvalue weighted by atomic mass is 16.5. The first-order valence-electron chi connectivity index (χ1n) is 9.15. The van der Waals surface area contributed by atoms with E-state index in [4.69, 9.17) is 4.74 Å². The van der Waals surface area contributed by atoms with Gasteiger partial charge in [-0.1, -0.05) is 84.5 Å². The third kappa shape index (κ3) is 17.2. The second kappa shape index (κ2) is 17.3. The lowest BCUT2D eigenvalue weighted by molar-refractivity contribution is -0.137. The minimum absolute atomic E-state index is 0.152. The number of rotatable bonds is 15. The van der Waals surface area contributed by atoms with Crippen LogP contribution in [0.5, 0.6) is 0 Å². The molecule has 0 saturated carbocycles. The fourth-order valence-corrected chi connectivity index (χ4v) is 2.38. The van der Waals surface area contributed by atoms with Crippen LogP contribution in [-0.2, 0) is 9.53 Å². The highest BCUT2D eigenvalue weighted by Crippen LogP contribution is 2.12. The van der Waals surface area contributed by atoms with Gasteiger partial charge in [-0.2, -0.15) is 0 Å². The molecule has 21 heavy (non-hydrogen) atoms. The van der Waals surface area contributed by atoms with Crippen LogP contribution in [0.25, 0.3) is 0 Å². The minimum atomic E-state index is -0.152. The van der Waals surface area contributed by atoms with E-state index in [0.29, 0.717) is 6.42 Å². The van der Waals surface area contributed by atoms with Crippen LogP contribution in [0.4, 0.5) is 0 Å². The molecule has 0 saturated heterocycles. The second-order valence-electron chi connectivity index (χ2n) is 5.89. The number of hydrogen-bond acceptors (Lipinski definition) is 2. The fraction of sp³-hybridized carbons (Fsp3) is 0.842. The molecule has 0 aliphatic heterocycles. The Morgan fingerprint density at radius 2 is 1.24 bits per heavy atom. The normalized spacial score (nSPS) is 11.1. The van der Waals surface area contributed by atoms with Crippen molar-refractivity contribution in [2.24, 2.45) is 0 Å². The van der Waals surface area contributed by atoms with E-state index in [0.717, 1.165) is 6.42 Å². The lowest BCUT2D eigenvalue weighted by Gasteiger charge is -2.02. The Kier molecular flexibility index (Phi) is 16.6. The molecule has 0 spiro atoms. The van der Waals surface area contributed by atoms with Gasteiger partial charge in [0.1, 0.15) is 0 Å². The summed E-state index contributed by atoms with van der Waals surface area (Å²) in [5.74, 6) is -0.152. The van der Waals surface area contributed by atoms with E-state index >= 15 is 0 Å².